The van der Waals surface area contributed by atoms with Gasteiger partial charge in [-0.15, -0.1) is 0 Å². The lowest BCUT2D eigenvalue weighted by Gasteiger charge is -2.24. The summed E-state index contributed by atoms with van der Waals surface area (Å²) in [5.74, 6) is 0.545. The molecule has 2 rings (SSSR count). The third-order valence-electron chi connectivity index (χ3n) is 3.08. The van der Waals surface area contributed by atoms with Gasteiger partial charge < -0.3 is 9.30 Å². The molecule has 0 radical (unpaired) electrons. The molecule has 0 aromatic carbocycles. The monoisotopic (exact) mass is 235 g/mol. The number of carbonyl (C=O) groups is 1. The molecule has 1 aromatic heterocycles. The van der Waals surface area contributed by atoms with Crippen LogP contribution in [0.25, 0.3) is 0 Å². The third kappa shape index (κ3) is 3.35. The van der Waals surface area contributed by atoms with Crippen LogP contribution in [0.2, 0.25) is 0 Å². The van der Waals surface area contributed by atoms with Crippen molar-refractivity contribution in [3.8, 4) is 0 Å². The van der Waals surface area contributed by atoms with Crippen LogP contribution in [0, 0.1) is 0 Å². The predicted octanol–water partition coefficient (Wildman–Crippen LogP) is 3.10. The molecule has 0 N–H and O–H groups in total. The molecule has 1 heterocycles. The van der Waals surface area contributed by atoms with Crippen molar-refractivity contribution in [3.63, 3.8) is 0 Å². The van der Waals surface area contributed by atoms with Crippen LogP contribution in [-0.4, -0.2) is 16.1 Å². The average molecular weight is 235 g/mol. The van der Waals surface area contributed by atoms with Gasteiger partial charge in [0.15, 0.2) is 0 Å². The van der Waals surface area contributed by atoms with E-state index in [2.05, 4.69) is 12.3 Å². The van der Waals surface area contributed by atoms with Crippen LogP contribution < -0.4 is 0 Å². The zero-order valence-corrected chi connectivity index (χ0v) is 10.9. The van der Waals surface area contributed by atoms with Crippen LogP contribution in [0.4, 0.5) is 0 Å². The van der Waals surface area contributed by atoms with Gasteiger partial charge in [-0.25, -0.2) is 0 Å². The Kier molecular flexibility index (Phi) is 3.27. The van der Waals surface area contributed by atoms with E-state index in [0.29, 0.717) is 6.54 Å². The van der Waals surface area contributed by atoms with Gasteiger partial charge in [-0.3, -0.25) is 4.79 Å². The predicted molar refractivity (Wildman–Crippen MR) is 66.9 cm³/mol. The van der Waals surface area contributed by atoms with Crippen molar-refractivity contribution < 1.29 is 9.53 Å². The number of ether oxygens (including phenoxy) is 1. The van der Waals surface area contributed by atoms with Crippen molar-refractivity contribution in [3.05, 3.63) is 24.0 Å². The van der Waals surface area contributed by atoms with Crippen molar-refractivity contribution in [1.29, 1.82) is 0 Å². The van der Waals surface area contributed by atoms with E-state index in [9.17, 15) is 4.79 Å². The summed E-state index contributed by atoms with van der Waals surface area (Å²) >= 11 is 0. The second-order valence-electron chi connectivity index (χ2n) is 5.83. The lowest BCUT2D eigenvalue weighted by molar-refractivity contribution is -0.155. The molecule has 1 fully saturated rings. The molecule has 0 unspecified atom stereocenters. The molecular formula is C14H21NO2. The number of rotatable bonds is 3. The highest BCUT2D eigenvalue weighted by molar-refractivity contribution is 5.69. The topological polar surface area (TPSA) is 31.2 Å². The van der Waals surface area contributed by atoms with E-state index in [-0.39, 0.29) is 5.97 Å². The number of esters is 1. The summed E-state index contributed by atoms with van der Waals surface area (Å²) in [6, 6.07) is 2.12. The summed E-state index contributed by atoms with van der Waals surface area (Å²) in [6.45, 7) is 5.98. The van der Waals surface area contributed by atoms with Crippen LogP contribution in [0.5, 0.6) is 0 Å². The molecule has 0 atom stereocenters. The van der Waals surface area contributed by atoms with Gasteiger partial charge in [0.05, 0.1) is 0 Å². The van der Waals surface area contributed by atoms with Gasteiger partial charge in [0.1, 0.15) is 12.1 Å². The minimum atomic E-state index is -0.402. The molecule has 0 amide bonds. The Bertz CT molecular complexity index is 397. The molecule has 0 bridgehead atoms. The molecule has 1 aliphatic rings. The number of nitrogens with zero attached hydrogens (tertiary/aromatic N) is 1. The van der Waals surface area contributed by atoms with Crippen LogP contribution in [0.1, 0.15) is 51.5 Å². The Hall–Kier alpha value is -1.25. The van der Waals surface area contributed by atoms with Crippen LogP contribution in [0.3, 0.4) is 0 Å². The molecule has 3 nitrogen and oxygen atoms in total. The normalized spacial score (nSPS) is 16.6. The molecule has 94 valence electrons. The lowest BCUT2D eigenvalue weighted by Crippen LogP contribution is -2.26. The summed E-state index contributed by atoms with van der Waals surface area (Å²) in [7, 11) is 0. The highest BCUT2D eigenvalue weighted by Crippen LogP contribution is 2.36. The van der Waals surface area contributed by atoms with Gasteiger partial charge in [0, 0.05) is 12.4 Å². The molecule has 0 aliphatic heterocycles. The third-order valence-corrected chi connectivity index (χ3v) is 3.08. The van der Waals surface area contributed by atoms with E-state index in [4.69, 9.17) is 4.74 Å². The molecule has 17 heavy (non-hydrogen) atoms. The Labute approximate surface area is 103 Å². The van der Waals surface area contributed by atoms with Crippen LogP contribution >= 0.6 is 0 Å². The standard InChI is InChI=1S/C14H21NO2/c1-14(2,3)17-13(16)10-15-8-7-12(9-15)11-5-4-6-11/h7-9,11H,4-6,10H2,1-3H3. The Morgan fingerprint density at radius 3 is 2.71 bits per heavy atom. The molecule has 0 saturated heterocycles. The zero-order valence-electron chi connectivity index (χ0n) is 10.9. The number of hydrogen-bond donors (Lipinski definition) is 0. The number of carbonyl (C=O) groups excluding carboxylic acids is 1. The fourth-order valence-electron chi connectivity index (χ4n) is 2.06. The summed E-state index contributed by atoms with van der Waals surface area (Å²) in [6.07, 6.45) is 7.96. The molecule has 1 aliphatic carbocycles. The highest BCUT2D eigenvalue weighted by atomic mass is 16.6. The number of aromatic nitrogens is 1. The Morgan fingerprint density at radius 2 is 2.18 bits per heavy atom. The largest absolute Gasteiger partial charge is 0.459 e. The summed E-state index contributed by atoms with van der Waals surface area (Å²) < 4.78 is 7.21. The minimum Gasteiger partial charge on any atom is -0.459 e. The second-order valence-corrected chi connectivity index (χ2v) is 5.83. The quantitative estimate of drug-likeness (QED) is 0.754. The van der Waals surface area contributed by atoms with Crippen LogP contribution in [-0.2, 0) is 16.1 Å². The van der Waals surface area contributed by atoms with Crippen molar-refractivity contribution in [2.24, 2.45) is 0 Å². The van der Waals surface area contributed by atoms with Crippen molar-refractivity contribution >= 4 is 5.97 Å². The maximum Gasteiger partial charge on any atom is 0.326 e. The lowest BCUT2D eigenvalue weighted by atomic mass is 9.81. The smallest absolute Gasteiger partial charge is 0.326 e. The Morgan fingerprint density at radius 1 is 1.47 bits per heavy atom. The first-order chi connectivity index (χ1) is 7.94. The first kappa shape index (κ1) is 12.2. The Balaban J connectivity index is 1.90. The second kappa shape index (κ2) is 4.55. The fraction of sp³-hybridized carbons (Fsp3) is 0.643. The molecule has 1 aromatic rings. The van der Waals surface area contributed by atoms with Gasteiger partial charge >= 0.3 is 5.97 Å². The van der Waals surface area contributed by atoms with Gasteiger partial charge in [0.2, 0.25) is 0 Å². The van der Waals surface area contributed by atoms with Crippen LogP contribution in [0.15, 0.2) is 18.5 Å². The van der Waals surface area contributed by atoms with Crippen molar-refractivity contribution in [2.75, 3.05) is 0 Å². The van der Waals surface area contributed by atoms with Gasteiger partial charge in [-0.1, -0.05) is 6.42 Å². The maximum atomic E-state index is 11.6. The minimum absolute atomic E-state index is 0.173. The van der Waals surface area contributed by atoms with E-state index in [1.54, 1.807) is 0 Å². The van der Waals surface area contributed by atoms with Gasteiger partial charge in [-0.2, -0.15) is 0 Å². The van der Waals surface area contributed by atoms with Crippen molar-refractivity contribution in [1.82, 2.24) is 4.57 Å². The molecule has 3 heteroatoms. The van der Waals surface area contributed by atoms with E-state index in [0.717, 1.165) is 5.92 Å². The van der Waals surface area contributed by atoms with E-state index in [1.807, 2.05) is 31.5 Å². The van der Waals surface area contributed by atoms with E-state index < -0.39 is 5.60 Å². The SMILES string of the molecule is CC(C)(C)OC(=O)Cn1ccc(C2CCC2)c1. The summed E-state index contributed by atoms with van der Waals surface area (Å²) in [4.78, 5) is 11.6. The first-order valence-electron chi connectivity index (χ1n) is 6.31. The molecule has 0 spiro atoms. The van der Waals surface area contributed by atoms with Gasteiger partial charge in [0.25, 0.3) is 0 Å². The van der Waals surface area contributed by atoms with Gasteiger partial charge in [-0.05, 0) is 51.2 Å². The summed E-state index contributed by atoms with van der Waals surface area (Å²) in [5, 5.41) is 0. The maximum absolute atomic E-state index is 11.6. The fourth-order valence-corrected chi connectivity index (χ4v) is 2.06. The number of hydrogen-bond acceptors (Lipinski definition) is 2. The zero-order chi connectivity index (χ0) is 12.5. The molecule has 1 saturated carbocycles. The average Bonchev–Trinajstić information content (AvgIpc) is 2.45. The van der Waals surface area contributed by atoms with E-state index >= 15 is 0 Å². The summed E-state index contributed by atoms with van der Waals surface area (Å²) in [5.41, 5.74) is 0.959. The van der Waals surface area contributed by atoms with E-state index in [1.165, 1.54) is 24.8 Å². The molecular weight excluding hydrogens is 214 g/mol. The van der Waals surface area contributed by atoms with Crippen molar-refractivity contribution in [2.45, 2.75) is 58.1 Å². The first-order valence-corrected chi connectivity index (χ1v) is 6.31. The highest BCUT2D eigenvalue weighted by Gasteiger charge is 2.21.